The summed E-state index contributed by atoms with van der Waals surface area (Å²) in [7, 11) is 0. The van der Waals surface area contributed by atoms with E-state index in [1.54, 1.807) is 0 Å². The van der Waals surface area contributed by atoms with Crippen LogP contribution in [0.2, 0.25) is 0 Å². The monoisotopic (exact) mass is 388 g/mol. The molecule has 0 saturated heterocycles. The van der Waals surface area contributed by atoms with Crippen LogP contribution in [0.3, 0.4) is 0 Å². The van der Waals surface area contributed by atoms with Crippen molar-refractivity contribution in [1.29, 1.82) is 0 Å². The Labute approximate surface area is 165 Å². The zero-order chi connectivity index (χ0) is 20.5. The third-order valence-electron chi connectivity index (χ3n) is 3.47. The lowest BCUT2D eigenvalue weighted by Crippen LogP contribution is -2.24. The van der Waals surface area contributed by atoms with Crippen molar-refractivity contribution in [1.82, 2.24) is 0 Å². The molecule has 152 valence electrons. The van der Waals surface area contributed by atoms with Crippen LogP contribution in [0.1, 0.15) is 11.1 Å². The van der Waals surface area contributed by atoms with Crippen molar-refractivity contribution in [3.8, 4) is 0 Å². The third kappa shape index (κ3) is 12.0. The van der Waals surface area contributed by atoms with Gasteiger partial charge in [-0.05, 0) is 16.7 Å². The SMILES string of the molecule is NCC(O)COCc1ccccc1.[N-]=[N+]=NCC(O)COCc1ccccc1. The van der Waals surface area contributed by atoms with E-state index in [2.05, 4.69) is 10.0 Å². The highest BCUT2D eigenvalue weighted by Crippen LogP contribution is 2.01. The van der Waals surface area contributed by atoms with E-state index < -0.39 is 12.2 Å². The second kappa shape index (κ2) is 15.6. The van der Waals surface area contributed by atoms with E-state index in [1.165, 1.54) is 0 Å². The first-order valence-corrected chi connectivity index (χ1v) is 8.96. The lowest BCUT2D eigenvalue weighted by Gasteiger charge is -2.08. The number of azide groups is 1. The molecule has 0 aliphatic rings. The minimum Gasteiger partial charge on any atom is -0.391 e. The number of nitrogens with zero attached hydrogens (tertiary/aromatic N) is 3. The Balaban J connectivity index is 0.000000283. The molecule has 2 aromatic rings. The number of hydrogen-bond donors (Lipinski definition) is 3. The van der Waals surface area contributed by atoms with Crippen molar-refractivity contribution in [3.63, 3.8) is 0 Å². The second-order valence-electron chi connectivity index (χ2n) is 5.96. The van der Waals surface area contributed by atoms with Crippen molar-refractivity contribution in [2.45, 2.75) is 25.4 Å². The van der Waals surface area contributed by atoms with Crippen LogP contribution in [0.5, 0.6) is 0 Å². The fraction of sp³-hybridized carbons (Fsp3) is 0.400. The molecule has 0 aliphatic heterocycles. The van der Waals surface area contributed by atoms with Crippen LogP contribution in [-0.2, 0) is 22.7 Å². The van der Waals surface area contributed by atoms with Gasteiger partial charge in [0.05, 0.1) is 45.2 Å². The van der Waals surface area contributed by atoms with Crippen LogP contribution >= 0.6 is 0 Å². The predicted octanol–water partition coefficient (Wildman–Crippen LogP) is 2.40. The maximum absolute atomic E-state index is 9.27. The van der Waals surface area contributed by atoms with E-state index in [-0.39, 0.29) is 19.7 Å². The molecule has 2 atom stereocenters. The van der Waals surface area contributed by atoms with Crippen molar-refractivity contribution in [2.75, 3.05) is 26.3 Å². The molecule has 8 heteroatoms. The Morgan fingerprint density at radius 3 is 1.75 bits per heavy atom. The molecule has 0 fully saturated rings. The third-order valence-corrected chi connectivity index (χ3v) is 3.47. The summed E-state index contributed by atoms with van der Waals surface area (Å²) in [4.78, 5) is 2.55. The first-order chi connectivity index (χ1) is 13.7. The van der Waals surface area contributed by atoms with E-state index in [0.29, 0.717) is 19.8 Å². The van der Waals surface area contributed by atoms with Gasteiger partial charge in [0.2, 0.25) is 0 Å². The maximum Gasteiger partial charge on any atom is 0.0895 e. The Morgan fingerprint density at radius 1 is 0.857 bits per heavy atom. The number of aliphatic hydroxyl groups excluding tert-OH is 2. The minimum absolute atomic E-state index is 0.0469. The number of hydrogen-bond acceptors (Lipinski definition) is 6. The molecule has 2 rings (SSSR count). The Hall–Kier alpha value is -2.45. The molecule has 0 amide bonds. The van der Waals surface area contributed by atoms with Gasteiger partial charge in [-0.2, -0.15) is 0 Å². The number of ether oxygens (including phenoxy) is 2. The fourth-order valence-corrected chi connectivity index (χ4v) is 2.03. The highest BCUT2D eigenvalue weighted by atomic mass is 16.5. The van der Waals surface area contributed by atoms with Crippen LogP contribution in [0, 0.1) is 0 Å². The van der Waals surface area contributed by atoms with Crippen molar-refractivity contribution < 1.29 is 19.7 Å². The molecule has 2 aromatic carbocycles. The topological polar surface area (TPSA) is 134 Å². The van der Waals surface area contributed by atoms with Gasteiger partial charge in [0, 0.05) is 11.5 Å². The van der Waals surface area contributed by atoms with E-state index >= 15 is 0 Å². The van der Waals surface area contributed by atoms with Crippen LogP contribution in [0.4, 0.5) is 0 Å². The number of rotatable bonds is 11. The summed E-state index contributed by atoms with van der Waals surface area (Å²) >= 11 is 0. The summed E-state index contributed by atoms with van der Waals surface area (Å²) in [5.41, 5.74) is 15.4. The highest BCUT2D eigenvalue weighted by molar-refractivity contribution is 5.14. The largest absolute Gasteiger partial charge is 0.391 e. The molecular weight excluding hydrogens is 360 g/mol. The second-order valence-corrected chi connectivity index (χ2v) is 5.96. The van der Waals surface area contributed by atoms with Gasteiger partial charge in [0.15, 0.2) is 0 Å². The number of aliphatic hydroxyl groups is 2. The Morgan fingerprint density at radius 2 is 1.32 bits per heavy atom. The summed E-state index contributed by atoms with van der Waals surface area (Å²) in [6.45, 7) is 1.74. The Kier molecular flexibility index (Phi) is 13.1. The van der Waals surface area contributed by atoms with Crippen molar-refractivity contribution >= 4 is 0 Å². The Bertz CT molecular complexity index is 666. The molecule has 28 heavy (non-hydrogen) atoms. The van der Waals surface area contributed by atoms with E-state index in [0.717, 1.165) is 11.1 Å². The molecule has 0 radical (unpaired) electrons. The van der Waals surface area contributed by atoms with E-state index in [1.807, 2.05) is 60.7 Å². The van der Waals surface area contributed by atoms with Gasteiger partial charge in [-0.1, -0.05) is 65.8 Å². The number of nitrogens with two attached hydrogens (primary N) is 1. The van der Waals surface area contributed by atoms with Crippen LogP contribution in [0.15, 0.2) is 65.8 Å². The molecule has 2 unspecified atom stereocenters. The summed E-state index contributed by atoms with van der Waals surface area (Å²) in [5, 5.41) is 21.6. The van der Waals surface area contributed by atoms with Crippen molar-refractivity contribution in [2.24, 2.45) is 10.8 Å². The first-order valence-electron chi connectivity index (χ1n) is 8.96. The standard InChI is InChI=1S/C10H13N3O2.C10H15NO2/c11-13-12-6-10(14)8-15-7-9-4-2-1-3-5-9;11-6-10(12)8-13-7-9-4-2-1-3-5-9/h1-5,10,14H,6-8H2;1-5,10,12H,6-8,11H2. The van der Waals surface area contributed by atoms with Crippen LogP contribution < -0.4 is 5.73 Å². The van der Waals surface area contributed by atoms with Gasteiger partial charge in [0.1, 0.15) is 0 Å². The quantitative estimate of drug-likeness (QED) is 0.309. The molecule has 0 aromatic heterocycles. The molecule has 0 heterocycles. The lowest BCUT2D eigenvalue weighted by molar-refractivity contribution is 0.0329. The summed E-state index contributed by atoms with van der Waals surface area (Å²) < 4.78 is 10.5. The normalized spacial score (nSPS) is 12.2. The molecule has 0 bridgehead atoms. The molecule has 0 saturated carbocycles. The summed E-state index contributed by atoms with van der Waals surface area (Å²) in [6.07, 6.45) is -1.28. The number of benzene rings is 2. The first kappa shape index (κ1) is 23.6. The molecule has 0 aliphatic carbocycles. The molecule has 8 nitrogen and oxygen atoms in total. The fourth-order valence-electron chi connectivity index (χ4n) is 2.03. The highest BCUT2D eigenvalue weighted by Gasteiger charge is 2.02. The smallest absolute Gasteiger partial charge is 0.0895 e. The average molecular weight is 388 g/mol. The van der Waals surface area contributed by atoms with Gasteiger partial charge >= 0.3 is 0 Å². The molecule has 4 N–H and O–H groups in total. The van der Waals surface area contributed by atoms with Gasteiger partial charge < -0.3 is 25.4 Å². The molecule has 0 spiro atoms. The van der Waals surface area contributed by atoms with Gasteiger partial charge in [0.25, 0.3) is 0 Å². The van der Waals surface area contributed by atoms with Gasteiger partial charge in [-0.25, -0.2) is 0 Å². The molecular formula is C20H28N4O4. The maximum atomic E-state index is 9.27. The summed E-state index contributed by atoms with van der Waals surface area (Å²) in [6, 6.07) is 19.5. The van der Waals surface area contributed by atoms with E-state index in [4.69, 9.17) is 25.8 Å². The zero-order valence-electron chi connectivity index (χ0n) is 15.8. The average Bonchev–Trinajstić information content (AvgIpc) is 2.74. The summed E-state index contributed by atoms with van der Waals surface area (Å²) in [5.74, 6) is 0. The zero-order valence-corrected chi connectivity index (χ0v) is 15.8. The van der Waals surface area contributed by atoms with Gasteiger partial charge in [-0.15, -0.1) is 0 Å². The predicted molar refractivity (Wildman–Crippen MR) is 107 cm³/mol. The van der Waals surface area contributed by atoms with Crippen LogP contribution in [0.25, 0.3) is 10.4 Å². The minimum atomic E-state index is -0.732. The van der Waals surface area contributed by atoms with E-state index in [9.17, 15) is 5.11 Å². The lowest BCUT2D eigenvalue weighted by atomic mass is 10.2. The van der Waals surface area contributed by atoms with Crippen LogP contribution in [-0.4, -0.2) is 48.7 Å². The van der Waals surface area contributed by atoms with Gasteiger partial charge in [-0.3, -0.25) is 0 Å². The van der Waals surface area contributed by atoms with Crippen molar-refractivity contribution in [3.05, 3.63) is 82.2 Å².